The minimum atomic E-state index is -3.11. The van der Waals surface area contributed by atoms with E-state index in [1.165, 1.54) is 24.5 Å². The summed E-state index contributed by atoms with van der Waals surface area (Å²) in [6, 6.07) is 4.31. The number of hydrogen-bond donors (Lipinski definition) is 1. The van der Waals surface area contributed by atoms with Crippen molar-refractivity contribution in [3.8, 4) is 16.9 Å². The van der Waals surface area contributed by atoms with E-state index in [1.54, 1.807) is 12.3 Å². The van der Waals surface area contributed by atoms with Crippen LogP contribution < -0.4 is 10.1 Å². The number of aromatic nitrogens is 2. The predicted molar refractivity (Wildman–Crippen MR) is 109 cm³/mol. The molecule has 1 aliphatic rings. The molecule has 1 aliphatic heterocycles. The normalized spacial score (nSPS) is 15.6. The Morgan fingerprint density at radius 3 is 2.87 bits per heavy atom. The van der Waals surface area contributed by atoms with Gasteiger partial charge in [-0.15, -0.1) is 0 Å². The molecule has 1 aromatic carbocycles. The topological polar surface area (TPSA) is 84.4 Å². The van der Waals surface area contributed by atoms with E-state index in [1.807, 2.05) is 18.2 Å². The number of likely N-dealkylation sites (tertiary alicyclic amines) is 1. The number of pyridine rings is 1. The lowest BCUT2D eigenvalue weighted by molar-refractivity contribution is -0.156. The predicted octanol–water partition coefficient (Wildman–Crippen LogP) is 3.91. The Bertz CT molecular complexity index is 1120. The van der Waals surface area contributed by atoms with Crippen molar-refractivity contribution in [1.29, 1.82) is 0 Å². The third-order valence-electron chi connectivity index (χ3n) is 4.64. The van der Waals surface area contributed by atoms with Gasteiger partial charge >= 0.3 is 6.05 Å². The zero-order valence-electron chi connectivity index (χ0n) is 16.0. The highest BCUT2D eigenvalue weighted by molar-refractivity contribution is 7.22. The first kappa shape index (κ1) is 20.1. The van der Waals surface area contributed by atoms with Crippen molar-refractivity contribution in [2.75, 3.05) is 18.5 Å². The molecule has 0 spiro atoms. The van der Waals surface area contributed by atoms with E-state index in [0.29, 0.717) is 15.8 Å². The summed E-state index contributed by atoms with van der Waals surface area (Å²) in [5.41, 5.74) is 2.43. The second-order valence-electron chi connectivity index (χ2n) is 6.85. The van der Waals surface area contributed by atoms with Crippen LogP contribution >= 0.6 is 11.3 Å². The zero-order chi connectivity index (χ0) is 21.3. The number of hydrogen-bond acceptors (Lipinski definition) is 6. The molecule has 0 saturated carbocycles. The molecule has 0 aliphatic carbocycles. The lowest BCUT2D eigenvalue weighted by Crippen LogP contribution is -2.41. The number of fused-ring (bicyclic) bond motifs is 1. The smallest absolute Gasteiger partial charge is 0.328 e. The number of rotatable bonds is 6. The molecule has 10 heteroatoms. The van der Waals surface area contributed by atoms with Crippen LogP contribution in [0.2, 0.25) is 0 Å². The zero-order valence-corrected chi connectivity index (χ0v) is 16.8. The number of nitrogens with one attached hydrogen (secondary N) is 1. The Morgan fingerprint density at radius 1 is 1.30 bits per heavy atom. The molecule has 2 aromatic heterocycles. The van der Waals surface area contributed by atoms with Gasteiger partial charge in [-0.2, -0.15) is 8.78 Å². The molecule has 0 radical (unpaired) electrons. The monoisotopic (exact) mass is 432 g/mol. The lowest BCUT2D eigenvalue weighted by Gasteiger charge is -2.23. The van der Waals surface area contributed by atoms with Crippen LogP contribution in [0.25, 0.3) is 21.3 Å². The Morgan fingerprint density at radius 2 is 2.13 bits per heavy atom. The van der Waals surface area contributed by atoms with E-state index in [0.717, 1.165) is 21.3 Å². The number of amides is 2. The maximum absolute atomic E-state index is 13.7. The van der Waals surface area contributed by atoms with Crippen molar-refractivity contribution in [2.24, 2.45) is 0 Å². The largest absolute Gasteiger partial charge is 0.490 e. The number of carbonyl (C=O) groups excluding carboxylic acids is 2. The number of nitrogens with zero attached hydrogens (tertiary/aromatic N) is 3. The van der Waals surface area contributed by atoms with Crippen LogP contribution in [0.5, 0.6) is 5.75 Å². The quantitative estimate of drug-likeness (QED) is 0.597. The molecule has 0 unspecified atom stereocenters. The second kappa shape index (κ2) is 7.94. The molecule has 2 amide bonds. The number of alkyl halides is 2. The molecule has 1 N–H and O–H groups in total. The van der Waals surface area contributed by atoms with E-state index < -0.39 is 18.4 Å². The number of ether oxygens (including phenoxy) is 1. The van der Waals surface area contributed by atoms with Crippen LogP contribution in [0.4, 0.5) is 13.9 Å². The minimum Gasteiger partial charge on any atom is -0.490 e. The number of carbonyl (C=O) groups is 2. The summed E-state index contributed by atoms with van der Waals surface area (Å²) in [5.74, 6) is -0.325. The van der Waals surface area contributed by atoms with Crippen molar-refractivity contribution in [3.63, 3.8) is 0 Å². The molecule has 1 saturated heterocycles. The van der Waals surface area contributed by atoms with Crippen molar-refractivity contribution < 1.29 is 23.1 Å². The van der Waals surface area contributed by atoms with Crippen molar-refractivity contribution >= 4 is 38.5 Å². The van der Waals surface area contributed by atoms with Gasteiger partial charge in [-0.3, -0.25) is 19.5 Å². The lowest BCUT2D eigenvalue weighted by atomic mass is 10.1. The van der Waals surface area contributed by atoms with Crippen LogP contribution in [-0.4, -0.2) is 45.9 Å². The average molecular weight is 432 g/mol. The van der Waals surface area contributed by atoms with Gasteiger partial charge in [0.1, 0.15) is 12.4 Å². The highest BCUT2D eigenvalue weighted by Crippen LogP contribution is 2.33. The average Bonchev–Trinajstić information content (AvgIpc) is 3.21. The van der Waals surface area contributed by atoms with Gasteiger partial charge in [0, 0.05) is 31.5 Å². The molecule has 3 aromatic rings. The van der Waals surface area contributed by atoms with Gasteiger partial charge in [0.2, 0.25) is 11.8 Å². The molecule has 0 atom stereocenters. The summed E-state index contributed by atoms with van der Waals surface area (Å²) in [6.45, 7) is 1.19. The Kier molecular flexibility index (Phi) is 5.33. The van der Waals surface area contributed by atoms with Crippen LogP contribution in [0.15, 0.2) is 36.7 Å². The van der Waals surface area contributed by atoms with Gasteiger partial charge < -0.3 is 10.1 Å². The van der Waals surface area contributed by atoms with Crippen molar-refractivity contribution in [1.82, 2.24) is 14.9 Å². The van der Waals surface area contributed by atoms with Crippen LogP contribution in [0, 0.1) is 0 Å². The molecule has 3 heterocycles. The Balaban J connectivity index is 1.46. The number of halogens is 2. The van der Waals surface area contributed by atoms with Crippen LogP contribution in [0.3, 0.4) is 0 Å². The van der Waals surface area contributed by atoms with E-state index in [9.17, 15) is 18.4 Å². The fraction of sp³-hybridized carbons (Fsp3) is 0.300. The number of benzene rings is 1. The van der Waals surface area contributed by atoms with E-state index in [-0.39, 0.29) is 25.5 Å². The number of anilines is 1. The Hall–Kier alpha value is -3.14. The first-order chi connectivity index (χ1) is 14.3. The summed E-state index contributed by atoms with van der Waals surface area (Å²) >= 11 is 1.36. The minimum absolute atomic E-state index is 0.0551. The summed E-state index contributed by atoms with van der Waals surface area (Å²) in [5, 5.41) is 3.20. The fourth-order valence-corrected chi connectivity index (χ4v) is 4.17. The second-order valence-corrected chi connectivity index (χ2v) is 7.88. The molecule has 4 rings (SSSR count). The van der Waals surface area contributed by atoms with Crippen molar-refractivity contribution in [3.05, 3.63) is 36.7 Å². The molecular weight excluding hydrogens is 414 g/mol. The highest BCUT2D eigenvalue weighted by atomic mass is 32.1. The van der Waals surface area contributed by atoms with Crippen LogP contribution in [0.1, 0.15) is 19.8 Å². The van der Waals surface area contributed by atoms with Gasteiger partial charge in [0.05, 0.1) is 23.0 Å². The molecule has 0 bridgehead atoms. The van der Waals surface area contributed by atoms with Gasteiger partial charge in [-0.05, 0) is 23.8 Å². The fourth-order valence-electron chi connectivity index (χ4n) is 3.22. The molecule has 156 valence electrons. The standard InChI is InChI=1S/C20H18F2N4O3S/c1-12(27)24-19-25-16-3-2-13(9-17(16)30-19)14-8-15(11-23-10-14)29-7-6-26-18(28)4-5-20(26,21)22/h2-3,8-11H,4-7H2,1H3,(H,24,25,27). The maximum atomic E-state index is 13.7. The third kappa shape index (κ3) is 4.23. The maximum Gasteiger partial charge on any atom is 0.328 e. The molecule has 30 heavy (non-hydrogen) atoms. The summed E-state index contributed by atoms with van der Waals surface area (Å²) in [7, 11) is 0. The third-order valence-corrected chi connectivity index (χ3v) is 5.57. The SMILES string of the molecule is CC(=O)Nc1nc2ccc(-c3cncc(OCCN4C(=O)CCC4(F)F)c3)cc2s1. The van der Waals surface area contributed by atoms with Gasteiger partial charge in [0.15, 0.2) is 5.13 Å². The van der Waals surface area contributed by atoms with E-state index in [4.69, 9.17) is 4.74 Å². The summed E-state index contributed by atoms with van der Waals surface area (Å²) < 4.78 is 33.8. The Labute approximate surface area is 174 Å². The molecular formula is C20H18F2N4O3S. The van der Waals surface area contributed by atoms with Crippen molar-refractivity contribution in [2.45, 2.75) is 25.8 Å². The van der Waals surface area contributed by atoms with E-state index >= 15 is 0 Å². The molecule has 7 nitrogen and oxygen atoms in total. The molecule has 1 fully saturated rings. The van der Waals surface area contributed by atoms with Gasteiger partial charge in [0.25, 0.3) is 0 Å². The first-order valence-electron chi connectivity index (χ1n) is 9.26. The van der Waals surface area contributed by atoms with Crippen LogP contribution in [-0.2, 0) is 9.59 Å². The summed E-state index contributed by atoms with van der Waals surface area (Å²) in [4.78, 5) is 31.9. The summed E-state index contributed by atoms with van der Waals surface area (Å²) in [6.07, 6.45) is 2.57. The van der Waals surface area contributed by atoms with E-state index in [2.05, 4.69) is 15.3 Å². The van der Waals surface area contributed by atoms with Gasteiger partial charge in [-0.1, -0.05) is 17.4 Å². The first-order valence-corrected chi connectivity index (χ1v) is 10.1. The highest BCUT2D eigenvalue weighted by Gasteiger charge is 2.46. The van der Waals surface area contributed by atoms with Gasteiger partial charge in [-0.25, -0.2) is 4.98 Å². The number of thiazole rings is 1.